The standard InChI is InChI=1S/C13H15N3O/c1-9-4-2-5-10(8-9)12-15-16-13(17-12)11-6-3-7-14-11/h2,4-5,8,11,14H,3,6-7H2,1H3/t11-/m1/s1. The number of aryl methyl sites for hydroxylation is 1. The molecule has 0 radical (unpaired) electrons. The van der Waals surface area contributed by atoms with Crippen LogP contribution in [-0.4, -0.2) is 16.7 Å². The predicted molar refractivity (Wildman–Crippen MR) is 64.4 cm³/mol. The van der Waals surface area contributed by atoms with Crippen molar-refractivity contribution < 1.29 is 4.42 Å². The third kappa shape index (κ3) is 2.08. The van der Waals surface area contributed by atoms with Crippen LogP contribution in [0.2, 0.25) is 0 Å². The molecule has 1 aliphatic heterocycles. The highest BCUT2D eigenvalue weighted by Gasteiger charge is 2.22. The summed E-state index contributed by atoms with van der Waals surface area (Å²) in [4.78, 5) is 0. The van der Waals surface area contributed by atoms with Crippen LogP contribution in [0, 0.1) is 6.92 Å². The van der Waals surface area contributed by atoms with Gasteiger partial charge in [0.1, 0.15) is 0 Å². The second kappa shape index (κ2) is 4.30. The summed E-state index contributed by atoms with van der Waals surface area (Å²) in [6, 6.07) is 8.34. The largest absolute Gasteiger partial charge is 0.419 e. The second-order valence-electron chi connectivity index (χ2n) is 4.46. The Morgan fingerprint density at radius 3 is 3.06 bits per heavy atom. The topological polar surface area (TPSA) is 51.0 Å². The molecule has 0 bridgehead atoms. The van der Waals surface area contributed by atoms with Crippen LogP contribution in [-0.2, 0) is 0 Å². The molecule has 1 fully saturated rings. The molecular weight excluding hydrogens is 214 g/mol. The first kappa shape index (κ1) is 10.5. The summed E-state index contributed by atoms with van der Waals surface area (Å²) in [7, 11) is 0. The Kier molecular flexibility index (Phi) is 2.65. The molecule has 17 heavy (non-hydrogen) atoms. The van der Waals surface area contributed by atoms with Crippen LogP contribution in [0.15, 0.2) is 28.7 Å². The van der Waals surface area contributed by atoms with E-state index in [1.165, 1.54) is 12.0 Å². The lowest BCUT2D eigenvalue weighted by Crippen LogP contribution is -2.12. The fourth-order valence-electron chi connectivity index (χ4n) is 2.17. The average molecular weight is 229 g/mol. The Hall–Kier alpha value is -1.68. The number of hydrogen-bond acceptors (Lipinski definition) is 4. The van der Waals surface area contributed by atoms with E-state index in [-0.39, 0.29) is 6.04 Å². The zero-order valence-electron chi connectivity index (χ0n) is 9.81. The number of nitrogens with one attached hydrogen (secondary N) is 1. The molecule has 2 heterocycles. The van der Waals surface area contributed by atoms with Gasteiger partial charge in [-0.25, -0.2) is 0 Å². The van der Waals surface area contributed by atoms with Crippen molar-refractivity contribution in [1.82, 2.24) is 15.5 Å². The molecule has 0 aliphatic carbocycles. The summed E-state index contributed by atoms with van der Waals surface area (Å²) < 4.78 is 5.72. The van der Waals surface area contributed by atoms with E-state index < -0.39 is 0 Å². The van der Waals surface area contributed by atoms with Gasteiger partial charge in [-0.2, -0.15) is 0 Å². The minimum absolute atomic E-state index is 0.237. The van der Waals surface area contributed by atoms with E-state index in [2.05, 4.69) is 34.6 Å². The van der Waals surface area contributed by atoms with Crippen molar-refractivity contribution in [2.45, 2.75) is 25.8 Å². The molecule has 0 amide bonds. The van der Waals surface area contributed by atoms with Crippen molar-refractivity contribution in [1.29, 1.82) is 0 Å². The first-order valence-corrected chi connectivity index (χ1v) is 5.97. The summed E-state index contributed by atoms with van der Waals surface area (Å²) in [6.45, 7) is 3.09. The van der Waals surface area contributed by atoms with Gasteiger partial charge in [-0.15, -0.1) is 10.2 Å². The second-order valence-corrected chi connectivity index (χ2v) is 4.46. The molecule has 88 valence electrons. The molecule has 1 N–H and O–H groups in total. The molecule has 1 aromatic heterocycles. The van der Waals surface area contributed by atoms with E-state index in [9.17, 15) is 0 Å². The van der Waals surface area contributed by atoms with E-state index in [1.807, 2.05) is 12.1 Å². The van der Waals surface area contributed by atoms with Gasteiger partial charge in [0.05, 0.1) is 6.04 Å². The number of hydrogen-bond donors (Lipinski definition) is 1. The molecule has 3 rings (SSSR count). The van der Waals surface area contributed by atoms with Gasteiger partial charge in [0.15, 0.2) is 0 Å². The van der Waals surface area contributed by atoms with Gasteiger partial charge in [0.25, 0.3) is 0 Å². The Labute approximate surface area is 100 Å². The van der Waals surface area contributed by atoms with Crippen LogP contribution in [0.3, 0.4) is 0 Å². The average Bonchev–Trinajstić information content (AvgIpc) is 3.00. The van der Waals surface area contributed by atoms with Crippen LogP contribution in [0.25, 0.3) is 11.5 Å². The van der Waals surface area contributed by atoms with Gasteiger partial charge in [0, 0.05) is 5.56 Å². The van der Waals surface area contributed by atoms with Crippen molar-refractivity contribution in [3.63, 3.8) is 0 Å². The molecule has 1 atom stereocenters. The molecule has 4 heteroatoms. The van der Waals surface area contributed by atoms with Crippen LogP contribution >= 0.6 is 0 Å². The molecule has 1 aliphatic rings. The highest BCUT2D eigenvalue weighted by Crippen LogP contribution is 2.25. The van der Waals surface area contributed by atoms with Crippen molar-refractivity contribution in [3.05, 3.63) is 35.7 Å². The molecular formula is C13H15N3O. The van der Waals surface area contributed by atoms with Gasteiger partial charge < -0.3 is 9.73 Å². The minimum atomic E-state index is 0.237. The third-order valence-corrected chi connectivity index (χ3v) is 3.06. The van der Waals surface area contributed by atoms with Crippen LogP contribution < -0.4 is 5.32 Å². The lowest BCUT2D eigenvalue weighted by Gasteiger charge is -2.02. The molecule has 1 saturated heterocycles. The van der Waals surface area contributed by atoms with Crippen LogP contribution in [0.1, 0.15) is 30.3 Å². The lowest BCUT2D eigenvalue weighted by atomic mass is 10.1. The van der Waals surface area contributed by atoms with Gasteiger partial charge in [0.2, 0.25) is 11.8 Å². The quantitative estimate of drug-likeness (QED) is 0.859. The number of rotatable bonds is 2. The van der Waals surface area contributed by atoms with Crippen LogP contribution in [0.5, 0.6) is 0 Å². The Bertz CT molecular complexity index is 515. The van der Waals surface area contributed by atoms with Gasteiger partial charge in [-0.1, -0.05) is 17.7 Å². The van der Waals surface area contributed by atoms with Crippen molar-refractivity contribution in [2.75, 3.05) is 6.54 Å². The molecule has 0 saturated carbocycles. The summed E-state index contributed by atoms with van der Waals surface area (Å²) >= 11 is 0. The number of nitrogens with zero attached hydrogens (tertiary/aromatic N) is 2. The lowest BCUT2D eigenvalue weighted by molar-refractivity contribution is 0.437. The maximum atomic E-state index is 5.72. The van der Waals surface area contributed by atoms with Gasteiger partial charge in [-0.3, -0.25) is 0 Å². The fraction of sp³-hybridized carbons (Fsp3) is 0.385. The Balaban J connectivity index is 1.89. The minimum Gasteiger partial charge on any atom is -0.419 e. The molecule has 0 unspecified atom stereocenters. The highest BCUT2D eigenvalue weighted by atomic mass is 16.4. The van der Waals surface area contributed by atoms with E-state index in [0.717, 1.165) is 18.5 Å². The van der Waals surface area contributed by atoms with E-state index >= 15 is 0 Å². The zero-order chi connectivity index (χ0) is 11.7. The maximum absolute atomic E-state index is 5.72. The molecule has 2 aromatic rings. The van der Waals surface area contributed by atoms with E-state index in [1.54, 1.807) is 0 Å². The Morgan fingerprint density at radius 2 is 2.29 bits per heavy atom. The molecule has 1 aromatic carbocycles. The summed E-state index contributed by atoms with van der Waals surface area (Å²) in [5.74, 6) is 1.32. The van der Waals surface area contributed by atoms with Crippen molar-refractivity contribution in [3.8, 4) is 11.5 Å². The summed E-state index contributed by atoms with van der Waals surface area (Å²) in [5.41, 5.74) is 2.18. The van der Waals surface area contributed by atoms with Crippen molar-refractivity contribution in [2.24, 2.45) is 0 Å². The normalized spacial score (nSPS) is 19.7. The third-order valence-electron chi connectivity index (χ3n) is 3.06. The number of benzene rings is 1. The van der Waals surface area contributed by atoms with Gasteiger partial charge in [-0.05, 0) is 38.4 Å². The summed E-state index contributed by atoms with van der Waals surface area (Å²) in [5, 5.41) is 11.6. The molecule has 4 nitrogen and oxygen atoms in total. The Morgan fingerprint density at radius 1 is 1.35 bits per heavy atom. The monoisotopic (exact) mass is 229 g/mol. The van der Waals surface area contributed by atoms with E-state index in [0.29, 0.717) is 11.8 Å². The number of aromatic nitrogens is 2. The van der Waals surface area contributed by atoms with Crippen molar-refractivity contribution >= 4 is 0 Å². The predicted octanol–water partition coefficient (Wildman–Crippen LogP) is 2.47. The first-order chi connectivity index (χ1) is 8.33. The molecule has 0 spiro atoms. The zero-order valence-corrected chi connectivity index (χ0v) is 9.81. The fourth-order valence-corrected chi connectivity index (χ4v) is 2.17. The highest BCUT2D eigenvalue weighted by molar-refractivity contribution is 5.53. The first-order valence-electron chi connectivity index (χ1n) is 5.97. The van der Waals surface area contributed by atoms with Crippen LogP contribution in [0.4, 0.5) is 0 Å². The smallest absolute Gasteiger partial charge is 0.247 e. The van der Waals surface area contributed by atoms with Gasteiger partial charge >= 0.3 is 0 Å². The maximum Gasteiger partial charge on any atom is 0.247 e. The van der Waals surface area contributed by atoms with E-state index in [4.69, 9.17) is 4.42 Å². The summed E-state index contributed by atoms with van der Waals surface area (Å²) in [6.07, 6.45) is 2.25. The SMILES string of the molecule is Cc1cccc(-c2nnc([C@H]3CCCN3)o2)c1.